The molecule has 2 aromatic carbocycles. The van der Waals surface area contributed by atoms with Crippen LogP contribution in [0.15, 0.2) is 42.6 Å². The van der Waals surface area contributed by atoms with Crippen LogP contribution in [0.2, 0.25) is 0 Å². The summed E-state index contributed by atoms with van der Waals surface area (Å²) in [5.74, 6) is 0.306. The number of esters is 1. The second-order valence-corrected chi connectivity index (χ2v) is 5.08. The number of methoxy groups -OCH3 is 1. The van der Waals surface area contributed by atoms with E-state index in [1.807, 2.05) is 24.3 Å². The molecule has 0 saturated heterocycles. The largest absolute Gasteiger partial charge is 0.508 e. The van der Waals surface area contributed by atoms with E-state index >= 15 is 0 Å². The summed E-state index contributed by atoms with van der Waals surface area (Å²) in [4.78, 5) is 20.4. The molecule has 6 nitrogen and oxygen atoms in total. The molecule has 0 spiro atoms. The Balaban J connectivity index is 2.03. The molecule has 24 heavy (non-hydrogen) atoms. The quantitative estimate of drug-likeness (QED) is 0.742. The van der Waals surface area contributed by atoms with Crippen LogP contribution in [-0.2, 0) is 4.74 Å². The van der Waals surface area contributed by atoms with Crippen LogP contribution < -0.4 is 4.74 Å². The van der Waals surface area contributed by atoms with Crippen LogP contribution in [0.1, 0.15) is 17.3 Å². The molecule has 122 valence electrons. The highest BCUT2D eigenvalue weighted by Crippen LogP contribution is 2.26. The highest BCUT2D eigenvalue weighted by Gasteiger charge is 2.17. The molecular formula is C18H16N2O4. The molecule has 0 bridgehead atoms. The molecule has 0 aliphatic heterocycles. The Labute approximate surface area is 138 Å². The average molecular weight is 324 g/mol. The smallest absolute Gasteiger partial charge is 0.345 e. The lowest BCUT2D eigenvalue weighted by Crippen LogP contribution is -2.09. The van der Waals surface area contributed by atoms with Gasteiger partial charge in [0.15, 0.2) is 5.82 Å². The van der Waals surface area contributed by atoms with E-state index < -0.39 is 5.97 Å². The Bertz CT molecular complexity index is 909. The molecule has 0 saturated carbocycles. The summed E-state index contributed by atoms with van der Waals surface area (Å²) in [7, 11) is 1.44. The minimum Gasteiger partial charge on any atom is -0.508 e. The molecular weight excluding hydrogens is 308 g/mol. The van der Waals surface area contributed by atoms with Gasteiger partial charge in [-0.1, -0.05) is 18.2 Å². The van der Waals surface area contributed by atoms with Crippen molar-refractivity contribution in [3.05, 3.63) is 48.2 Å². The first-order valence-corrected chi connectivity index (χ1v) is 7.43. The van der Waals surface area contributed by atoms with E-state index in [0.717, 1.165) is 16.3 Å². The molecule has 3 aromatic rings. The number of fused-ring (bicyclic) bond motifs is 1. The molecule has 1 aromatic heterocycles. The van der Waals surface area contributed by atoms with Crippen LogP contribution in [-0.4, -0.2) is 34.8 Å². The normalized spacial score (nSPS) is 10.6. The first-order chi connectivity index (χ1) is 11.6. The summed E-state index contributed by atoms with van der Waals surface area (Å²) in [6.07, 6.45) is 1.40. The number of ether oxygens (including phenoxy) is 2. The molecule has 0 aliphatic rings. The lowest BCUT2D eigenvalue weighted by atomic mass is 10.1. The van der Waals surface area contributed by atoms with Gasteiger partial charge in [0.05, 0.1) is 13.7 Å². The van der Waals surface area contributed by atoms with E-state index in [0.29, 0.717) is 5.82 Å². The topological polar surface area (TPSA) is 81.5 Å². The van der Waals surface area contributed by atoms with E-state index in [2.05, 4.69) is 9.97 Å². The lowest BCUT2D eigenvalue weighted by Gasteiger charge is -2.09. The van der Waals surface area contributed by atoms with Crippen molar-refractivity contribution in [2.75, 3.05) is 13.7 Å². The number of hydrogen-bond donors (Lipinski definition) is 1. The van der Waals surface area contributed by atoms with Gasteiger partial charge in [-0.25, -0.2) is 9.78 Å². The number of aromatic hydroxyl groups is 1. The van der Waals surface area contributed by atoms with Crippen molar-refractivity contribution in [1.29, 1.82) is 0 Å². The highest BCUT2D eigenvalue weighted by molar-refractivity contribution is 5.92. The van der Waals surface area contributed by atoms with Gasteiger partial charge in [-0.05, 0) is 35.9 Å². The van der Waals surface area contributed by atoms with Crippen molar-refractivity contribution in [3.8, 4) is 23.0 Å². The van der Waals surface area contributed by atoms with Crippen LogP contribution >= 0.6 is 0 Å². The van der Waals surface area contributed by atoms with Gasteiger partial charge in [-0.3, -0.25) is 0 Å². The first kappa shape index (κ1) is 15.7. The third-order valence-electron chi connectivity index (χ3n) is 3.52. The monoisotopic (exact) mass is 324 g/mol. The van der Waals surface area contributed by atoms with Gasteiger partial charge < -0.3 is 14.6 Å². The fraction of sp³-hybridized carbons (Fsp3) is 0.167. The average Bonchev–Trinajstić information content (AvgIpc) is 2.60. The molecule has 0 fully saturated rings. The predicted molar refractivity (Wildman–Crippen MR) is 89.1 cm³/mol. The van der Waals surface area contributed by atoms with E-state index in [4.69, 9.17) is 9.47 Å². The number of carbonyl (C=O) groups excluding carboxylic acids is 1. The second kappa shape index (κ2) is 6.54. The minimum absolute atomic E-state index is 0.171. The molecule has 0 amide bonds. The summed E-state index contributed by atoms with van der Waals surface area (Å²) >= 11 is 0. The zero-order valence-corrected chi connectivity index (χ0v) is 13.3. The van der Waals surface area contributed by atoms with Crippen LogP contribution in [0.4, 0.5) is 0 Å². The number of benzene rings is 2. The summed E-state index contributed by atoms with van der Waals surface area (Å²) in [6.45, 7) is 1.99. The number of phenols is 1. The summed E-state index contributed by atoms with van der Waals surface area (Å²) in [5.41, 5.74) is 0.968. The highest BCUT2D eigenvalue weighted by atomic mass is 16.5. The van der Waals surface area contributed by atoms with Crippen LogP contribution in [0.25, 0.3) is 22.2 Å². The fourth-order valence-electron chi connectivity index (χ4n) is 2.38. The number of aromatic nitrogens is 2. The number of carbonyl (C=O) groups is 1. The SMILES string of the molecule is CCOC(=O)c1cnc(-c2ccc3cc(O)ccc3c2)nc1OC. The maximum Gasteiger partial charge on any atom is 0.345 e. The zero-order valence-electron chi connectivity index (χ0n) is 13.3. The number of phenolic OH excluding ortho intramolecular Hbond substituents is 1. The van der Waals surface area contributed by atoms with Crippen molar-refractivity contribution in [2.24, 2.45) is 0 Å². The van der Waals surface area contributed by atoms with Gasteiger partial charge in [-0.2, -0.15) is 4.98 Å². The van der Waals surface area contributed by atoms with E-state index in [1.54, 1.807) is 19.1 Å². The van der Waals surface area contributed by atoms with Crippen LogP contribution in [0.3, 0.4) is 0 Å². The van der Waals surface area contributed by atoms with Crippen LogP contribution in [0, 0.1) is 0 Å². The first-order valence-electron chi connectivity index (χ1n) is 7.43. The molecule has 0 radical (unpaired) electrons. The Hall–Kier alpha value is -3.15. The zero-order chi connectivity index (χ0) is 17.1. The summed E-state index contributed by atoms with van der Waals surface area (Å²) in [5, 5.41) is 11.4. The summed E-state index contributed by atoms with van der Waals surface area (Å²) < 4.78 is 10.2. The van der Waals surface area contributed by atoms with E-state index in [-0.39, 0.29) is 23.8 Å². The van der Waals surface area contributed by atoms with Gasteiger partial charge in [0.1, 0.15) is 11.3 Å². The Morgan fingerprint density at radius 1 is 1.17 bits per heavy atom. The Morgan fingerprint density at radius 3 is 2.67 bits per heavy atom. The van der Waals surface area contributed by atoms with Gasteiger partial charge in [0.25, 0.3) is 0 Å². The van der Waals surface area contributed by atoms with Gasteiger partial charge in [-0.15, -0.1) is 0 Å². The van der Waals surface area contributed by atoms with Crippen molar-refractivity contribution in [1.82, 2.24) is 9.97 Å². The Kier molecular flexibility index (Phi) is 4.29. The molecule has 0 aliphatic carbocycles. The summed E-state index contributed by atoms with van der Waals surface area (Å²) in [6, 6.07) is 10.8. The molecule has 3 rings (SSSR count). The van der Waals surface area contributed by atoms with Gasteiger partial charge in [0.2, 0.25) is 5.88 Å². The molecule has 1 N–H and O–H groups in total. The van der Waals surface area contributed by atoms with E-state index in [9.17, 15) is 9.90 Å². The number of hydrogen-bond acceptors (Lipinski definition) is 6. The van der Waals surface area contributed by atoms with Crippen molar-refractivity contribution >= 4 is 16.7 Å². The molecule has 6 heteroatoms. The van der Waals surface area contributed by atoms with Crippen molar-refractivity contribution in [2.45, 2.75) is 6.92 Å². The van der Waals surface area contributed by atoms with E-state index in [1.165, 1.54) is 13.3 Å². The third kappa shape index (κ3) is 2.99. The van der Waals surface area contributed by atoms with Gasteiger partial charge in [0, 0.05) is 11.8 Å². The maximum atomic E-state index is 11.9. The van der Waals surface area contributed by atoms with Gasteiger partial charge >= 0.3 is 5.97 Å². The minimum atomic E-state index is -0.519. The molecule has 0 atom stereocenters. The molecule has 1 heterocycles. The van der Waals surface area contributed by atoms with Crippen LogP contribution in [0.5, 0.6) is 11.6 Å². The second-order valence-electron chi connectivity index (χ2n) is 5.08. The van der Waals surface area contributed by atoms with Crippen molar-refractivity contribution < 1.29 is 19.4 Å². The number of nitrogens with zero attached hydrogens (tertiary/aromatic N) is 2. The Morgan fingerprint density at radius 2 is 1.92 bits per heavy atom. The maximum absolute atomic E-state index is 11.9. The standard InChI is InChI=1S/C18H16N2O4/c1-3-24-18(22)15-10-19-16(20-17(15)23-2)13-5-4-12-9-14(21)7-6-11(12)8-13/h4-10,21H,3H2,1-2H3. The fourth-order valence-corrected chi connectivity index (χ4v) is 2.38. The predicted octanol–water partition coefficient (Wildman–Crippen LogP) is 3.19. The number of rotatable bonds is 4. The van der Waals surface area contributed by atoms with Crippen molar-refractivity contribution in [3.63, 3.8) is 0 Å². The molecule has 0 unspecified atom stereocenters. The lowest BCUT2D eigenvalue weighted by molar-refractivity contribution is 0.0521. The third-order valence-corrected chi connectivity index (χ3v) is 3.52.